The first-order valence-electron chi connectivity index (χ1n) is 12.1. The van der Waals surface area contributed by atoms with Crippen LogP contribution in [0, 0.1) is 0 Å². The van der Waals surface area contributed by atoms with Crippen LogP contribution in [-0.4, -0.2) is 38.7 Å². The Balaban J connectivity index is 0.00000112. The molecule has 1 aromatic carbocycles. The number of nitrogens with one attached hydrogen (secondary N) is 2. The Kier molecular flexibility index (Phi) is 4.74. The maximum absolute atomic E-state index is 13.4. The summed E-state index contributed by atoms with van der Waals surface area (Å²) in [6.07, 6.45) is 9.86. The lowest BCUT2D eigenvalue weighted by Crippen LogP contribution is -2.53. The number of rotatable bonds is 3. The van der Waals surface area contributed by atoms with Gasteiger partial charge in [-0.3, -0.25) is 34.6 Å². The second-order valence-corrected chi connectivity index (χ2v) is 9.07. The zero-order valence-electron chi connectivity index (χ0n) is 19.6. The van der Waals surface area contributed by atoms with Crippen LogP contribution in [0.3, 0.4) is 0 Å². The molecule has 0 bridgehead atoms. The average Bonchev–Trinajstić information content (AvgIpc) is 3.48. The van der Waals surface area contributed by atoms with E-state index in [4.69, 9.17) is 4.98 Å². The largest absolute Gasteiger partial charge is 0.360 e. The van der Waals surface area contributed by atoms with Gasteiger partial charge in [-0.05, 0) is 37.0 Å². The average molecular weight is 468 g/mol. The second kappa shape index (κ2) is 7.73. The smallest absolute Gasteiger partial charge is 0.259 e. The van der Waals surface area contributed by atoms with Gasteiger partial charge in [0.1, 0.15) is 6.04 Å². The van der Waals surface area contributed by atoms with Gasteiger partial charge in [-0.2, -0.15) is 0 Å². The molecule has 35 heavy (non-hydrogen) atoms. The summed E-state index contributed by atoms with van der Waals surface area (Å²) in [5.41, 5.74) is 4.14. The first-order valence-corrected chi connectivity index (χ1v) is 12.1. The molecule has 3 aliphatic rings. The zero-order chi connectivity index (χ0) is 24.3. The number of fused-ring (bicyclic) bond motifs is 1. The van der Waals surface area contributed by atoms with Crippen LogP contribution in [0.4, 0.5) is 5.69 Å². The van der Waals surface area contributed by atoms with Gasteiger partial charge in [-0.15, -0.1) is 0 Å². The van der Waals surface area contributed by atoms with E-state index in [0.717, 1.165) is 40.2 Å². The number of amides is 3. The van der Waals surface area contributed by atoms with Crippen molar-refractivity contribution in [1.29, 1.82) is 0 Å². The fraction of sp³-hybridized carbons (Fsp3) is 0.296. The van der Waals surface area contributed by atoms with Crippen LogP contribution in [0.25, 0.3) is 21.7 Å². The standard InChI is InChI=1S/C25H19N5O3.C2H6/c31-20-5-4-18(23(32)29-20)30-19-12-28-22(14-2-1-3-15(21(14)19)24(30)33)25(7-8-25)16-10-27-17-11-26-9-6-13(16)17;1-2/h1-3,6,9-12,18,27H,4-5,7-8H2,(H,29,31,32);1-2H3. The number of carbonyl (C=O) groups excluding carboxylic acids is 3. The van der Waals surface area contributed by atoms with Crippen molar-refractivity contribution in [2.24, 2.45) is 0 Å². The fourth-order valence-electron chi connectivity index (χ4n) is 5.63. The third-order valence-electron chi connectivity index (χ3n) is 7.32. The molecule has 5 heterocycles. The molecule has 1 atom stereocenters. The quantitative estimate of drug-likeness (QED) is 0.443. The Morgan fingerprint density at radius 1 is 1.06 bits per heavy atom. The molecule has 1 saturated heterocycles. The minimum absolute atomic E-state index is 0.212. The number of pyridine rings is 2. The summed E-state index contributed by atoms with van der Waals surface area (Å²) in [4.78, 5) is 51.6. The van der Waals surface area contributed by atoms with Crippen molar-refractivity contribution in [3.05, 3.63) is 65.9 Å². The molecule has 7 rings (SSSR count). The number of H-pyrrole nitrogens is 1. The van der Waals surface area contributed by atoms with Crippen molar-refractivity contribution >= 4 is 45.1 Å². The molecule has 0 radical (unpaired) electrons. The van der Waals surface area contributed by atoms with Gasteiger partial charge in [0, 0.05) is 46.0 Å². The Morgan fingerprint density at radius 2 is 1.89 bits per heavy atom. The number of benzene rings is 1. The third kappa shape index (κ3) is 2.95. The number of anilines is 1. The number of aromatic amines is 1. The molecule has 0 spiro atoms. The summed E-state index contributed by atoms with van der Waals surface area (Å²) in [6, 6.07) is 7.02. The number of hydrogen-bond acceptors (Lipinski definition) is 5. The highest BCUT2D eigenvalue weighted by Crippen LogP contribution is 2.57. The summed E-state index contributed by atoms with van der Waals surface area (Å²) in [5.74, 6) is -0.952. The van der Waals surface area contributed by atoms with Crippen molar-refractivity contribution in [3.8, 4) is 0 Å². The van der Waals surface area contributed by atoms with E-state index in [1.807, 2.05) is 44.4 Å². The van der Waals surface area contributed by atoms with E-state index in [9.17, 15) is 14.4 Å². The molecule has 4 aromatic rings. The predicted octanol–water partition coefficient (Wildman–Crippen LogP) is 3.98. The summed E-state index contributed by atoms with van der Waals surface area (Å²) in [5, 5.41) is 5.28. The Morgan fingerprint density at radius 3 is 2.66 bits per heavy atom. The van der Waals surface area contributed by atoms with Crippen LogP contribution < -0.4 is 10.2 Å². The van der Waals surface area contributed by atoms with Gasteiger partial charge in [0.15, 0.2) is 0 Å². The molecule has 8 heteroatoms. The first kappa shape index (κ1) is 21.5. The normalized spacial score (nSPS) is 20.1. The Bertz CT molecular complexity index is 1530. The molecule has 3 aromatic heterocycles. The van der Waals surface area contributed by atoms with Gasteiger partial charge in [-0.25, -0.2) is 0 Å². The Hall–Kier alpha value is -4.07. The summed E-state index contributed by atoms with van der Waals surface area (Å²) >= 11 is 0. The van der Waals surface area contributed by atoms with Crippen molar-refractivity contribution in [1.82, 2.24) is 20.3 Å². The highest BCUT2D eigenvalue weighted by molar-refractivity contribution is 6.27. The van der Waals surface area contributed by atoms with Crippen LogP contribution in [0.1, 0.15) is 61.1 Å². The lowest BCUT2D eigenvalue weighted by molar-refractivity contribution is -0.134. The van der Waals surface area contributed by atoms with E-state index in [-0.39, 0.29) is 23.7 Å². The molecule has 2 N–H and O–H groups in total. The maximum atomic E-state index is 13.4. The lowest BCUT2D eigenvalue weighted by atomic mass is 9.88. The minimum atomic E-state index is -0.713. The third-order valence-corrected chi connectivity index (χ3v) is 7.32. The van der Waals surface area contributed by atoms with Crippen molar-refractivity contribution in [2.45, 2.75) is 51.0 Å². The Labute approximate surface area is 201 Å². The summed E-state index contributed by atoms with van der Waals surface area (Å²) in [6.45, 7) is 4.00. The zero-order valence-corrected chi connectivity index (χ0v) is 19.6. The molecular weight excluding hydrogens is 442 g/mol. The van der Waals surface area contributed by atoms with Crippen LogP contribution in [0.5, 0.6) is 0 Å². The summed E-state index contributed by atoms with van der Waals surface area (Å²) in [7, 11) is 0. The van der Waals surface area contributed by atoms with E-state index in [2.05, 4.69) is 15.3 Å². The molecule has 1 saturated carbocycles. The number of carbonyl (C=O) groups is 3. The van der Waals surface area contributed by atoms with E-state index >= 15 is 0 Å². The van der Waals surface area contributed by atoms with Gasteiger partial charge < -0.3 is 4.98 Å². The maximum Gasteiger partial charge on any atom is 0.259 e. The molecule has 8 nitrogen and oxygen atoms in total. The fourth-order valence-corrected chi connectivity index (χ4v) is 5.63. The molecule has 176 valence electrons. The number of hydrogen-bond donors (Lipinski definition) is 2. The van der Waals surface area contributed by atoms with Gasteiger partial charge in [-0.1, -0.05) is 26.0 Å². The van der Waals surface area contributed by atoms with E-state index in [1.54, 1.807) is 18.5 Å². The van der Waals surface area contributed by atoms with Crippen molar-refractivity contribution in [2.75, 3.05) is 4.90 Å². The van der Waals surface area contributed by atoms with Gasteiger partial charge in [0.05, 0.1) is 29.3 Å². The second-order valence-electron chi connectivity index (χ2n) is 9.07. The molecule has 2 aliphatic heterocycles. The van der Waals surface area contributed by atoms with Crippen LogP contribution >= 0.6 is 0 Å². The highest BCUT2D eigenvalue weighted by Gasteiger charge is 2.51. The van der Waals surface area contributed by atoms with E-state index < -0.39 is 11.9 Å². The van der Waals surface area contributed by atoms with Crippen LogP contribution in [-0.2, 0) is 15.0 Å². The molecule has 2 fully saturated rings. The SMILES string of the molecule is CC.O=C1CCC(N2C(=O)c3cccc4c(C5(c6c[nH]c7cnccc67)CC5)ncc2c34)C(=O)N1. The van der Waals surface area contributed by atoms with E-state index in [1.165, 1.54) is 10.5 Å². The highest BCUT2D eigenvalue weighted by atomic mass is 16.2. The molecule has 3 amide bonds. The van der Waals surface area contributed by atoms with Gasteiger partial charge in [0.2, 0.25) is 11.8 Å². The minimum Gasteiger partial charge on any atom is -0.360 e. The van der Waals surface area contributed by atoms with Gasteiger partial charge in [0.25, 0.3) is 5.91 Å². The monoisotopic (exact) mass is 467 g/mol. The number of imide groups is 1. The molecule has 1 unspecified atom stereocenters. The van der Waals surface area contributed by atoms with Crippen molar-refractivity contribution < 1.29 is 14.4 Å². The predicted molar refractivity (Wildman–Crippen MR) is 132 cm³/mol. The number of nitrogens with zero attached hydrogens (tertiary/aromatic N) is 3. The number of aromatic nitrogens is 3. The van der Waals surface area contributed by atoms with E-state index in [0.29, 0.717) is 17.7 Å². The first-order chi connectivity index (χ1) is 17.1. The topological polar surface area (TPSA) is 108 Å². The van der Waals surface area contributed by atoms with Crippen molar-refractivity contribution in [3.63, 3.8) is 0 Å². The molecular formula is C27H25N5O3. The van der Waals surface area contributed by atoms with Gasteiger partial charge >= 0.3 is 0 Å². The molecule has 1 aliphatic carbocycles. The van der Waals surface area contributed by atoms with Crippen LogP contribution in [0.2, 0.25) is 0 Å². The number of piperidine rings is 1. The lowest BCUT2D eigenvalue weighted by Gasteiger charge is -2.30. The van der Waals surface area contributed by atoms with Crippen LogP contribution in [0.15, 0.2) is 49.1 Å². The summed E-state index contributed by atoms with van der Waals surface area (Å²) < 4.78 is 0.